The molecule has 150 valence electrons. The number of carbonyl (C=O) groups excluding carboxylic acids is 1. The number of aliphatic imine (C=N–C) groups is 1. The van der Waals surface area contributed by atoms with Crippen LogP contribution in [0.25, 0.3) is 0 Å². The number of hydrogen-bond acceptors (Lipinski definition) is 3. The highest BCUT2D eigenvalue weighted by atomic mass is 127. The van der Waals surface area contributed by atoms with Gasteiger partial charge in [0.1, 0.15) is 6.54 Å². The van der Waals surface area contributed by atoms with Crippen molar-refractivity contribution in [3.8, 4) is 0 Å². The number of rotatable bonds is 5. The highest BCUT2D eigenvalue weighted by molar-refractivity contribution is 14.0. The van der Waals surface area contributed by atoms with Gasteiger partial charge in [-0.1, -0.05) is 35.9 Å². The average molecular weight is 506 g/mol. The normalized spacial score (nSPS) is 14.4. The molecular formula is C19H29ClIN5O. The Morgan fingerprint density at radius 2 is 1.89 bits per heavy atom. The molecule has 1 aromatic carbocycles. The molecule has 0 unspecified atom stereocenters. The second kappa shape index (κ2) is 11.4. The number of nitrogens with one attached hydrogen (secondary N) is 1. The van der Waals surface area contributed by atoms with E-state index >= 15 is 0 Å². The second-order valence-corrected chi connectivity index (χ2v) is 7.07. The zero-order chi connectivity index (χ0) is 19.1. The minimum absolute atomic E-state index is 0. The molecule has 6 nitrogen and oxygen atoms in total. The zero-order valence-electron chi connectivity index (χ0n) is 16.2. The fraction of sp³-hybridized carbons (Fsp3) is 0.474. The summed E-state index contributed by atoms with van der Waals surface area (Å²) in [7, 11) is 3.47. The molecule has 0 aromatic heterocycles. The van der Waals surface area contributed by atoms with Gasteiger partial charge in [-0.25, -0.2) is 4.99 Å². The highest BCUT2D eigenvalue weighted by Gasteiger charge is 2.21. The Hall–Kier alpha value is -1.48. The Morgan fingerprint density at radius 1 is 1.26 bits per heavy atom. The third-order valence-electron chi connectivity index (χ3n) is 4.18. The zero-order valence-corrected chi connectivity index (χ0v) is 19.3. The summed E-state index contributed by atoms with van der Waals surface area (Å²) in [6.07, 6.45) is 0. The van der Waals surface area contributed by atoms with Gasteiger partial charge >= 0.3 is 0 Å². The van der Waals surface area contributed by atoms with Crippen molar-refractivity contribution < 1.29 is 4.79 Å². The highest BCUT2D eigenvalue weighted by Crippen LogP contribution is 2.25. The summed E-state index contributed by atoms with van der Waals surface area (Å²) in [5.74, 6) is 0.733. The number of carbonyl (C=O) groups is 1. The lowest BCUT2D eigenvalue weighted by molar-refractivity contribution is -0.127. The van der Waals surface area contributed by atoms with Crippen LogP contribution in [-0.2, 0) is 4.79 Å². The van der Waals surface area contributed by atoms with Crippen LogP contribution in [0.3, 0.4) is 0 Å². The number of para-hydroxylation sites is 1. The first-order valence-corrected chi connectivity index (χ1v) is 9.13. The van der Waals surface area contributed by atoms with Crippen molar-refractivity contribution >= 4 is 53.1 Å². The van der Waals surface area contributed by atoms with Crippen molar-refractivity contribution in [2.75, 3.05) is 58.3 Å². The summed E-state index contributed by atoms with van der Waals surface area (Å²) in [4.78, 5) is 22.4. The number of guanidine groups is 1. The van der Waals surface area contributed by atoms with Crippen LogP contribution in [0.4, 0.5) is 5.69 Å². The fourth-order valence-corrected chi connectivity index (χ4v) is 2.90. The molecule has 8 heteroatoms. The van der Waals surface area contributed by atoms with Gasteiger partial charge in [0.05, 0.1) is 10.7 Å². The third kappa shape index (κ3) is 7.21. The monoisotopic (exact) mass is 505 g/mol. The molecule has 1 N–H and O–H groups in total. The standard InChI is InChI=1S/C19H28ClN5O.HI/c1-15(2)13-21-19(22-14-18(26)23(3)4)25-11-9-24(10-12-25)17-8-6-5-7-16(17)20;/h5-8H,1,9-14H2,2-4H3,(H,21,22);1H. The summed E-state index contributed by atoms with van der Waals surface area (Å²) in [5, 5.41) is 4.08. The molecule has 0 radical (unpaired) electrons. The van der Waals surface area contributed by atoms with Gasteiger partial charge in [-0.05, 0) is 19.1 Å². The fourth-order valence-electron chi connectivity index (χ4n) is 2.65. The Balaban J connectivity index is 0.00000364. The van der Waals surface area contributed by atoms with E-state index in [4.69, 9.17) is 11.6 Å². The largest absolute Gasteiger partial charge is 0.367 e. The van der Waals surface area contributed by atoms with Crippen molar-refractivity contribution in [1.82, 2.24) is 15.1 Å². The van der Waals surface area contributed by atoms with Gasteiger partial charge in [-0.15, -0.1) is 24.0 Å². The number of piperazine rings is 1. The van der Waals surface area contributed by atoms with E-state index < -0.39 is 0 Å². The number of nitrogens with zero attached hydrogens (tertiary/aromatic N) is 4. The lowest BCUT2D eigenvalue weighted by atomic mass is 10.2. The Kier molecular flexibility index (Phi) is 9.93. The van der Waals surface area contributed by atoms with E-state index in [0.717, 1.165) is 48.4 Å². The number of benzene rings is 1. The van der Waals surface area contributed by atoms with Crippen LogP contribution < -0.4 is 10.2 Å². The Labute approximate surface area is 184 Å². The third-order valence-corrected chi connectivity index (χ3v) is 4.50. The molecule has 1 aromatic rings. The maximum Gasteiger partial charge on any atom is 0.243 e. The predicted molar refractivity (Wildman–Crippen MR) is 124 cm³/mol. The van der Waals surface area contributed by atoms with Crippen LogP contribution in [-0.4, -0.2) is 75.0 Å². The molecule has 0 spiro atoms. The molecule has 1 aliphatic heterocycles. The van der Waals surface area contributed by atoms with E-state index in [1.807, 2.05) is 31.2 Å². The van der Waals surface area contributed by atoms with Gasteiger partial charge < -0.3 is 20.0 Å². The minimum atomic E-state index is -0.0191. The summed E-state index contributed by atoms with van der Waals surface area (Å²) in [6.45, 7) is 9.97. The van der Waals surface area contributed by atoms with Crippen molar-refractivity contribution in [3.63, 3.8) is 0 Å². The topological polar surface area (TPSA) is 51.2 Å². The summed E-state index contributed by atoms with van der Waals surface area (Å²) >= 11 is 6.31. The van der Waals surface area contributed by atoms with Crippen molar-refractivity contribution in [1.29, 1.82) is 0 Å². The molecule has 1 aliphatic rings. The van der Waals surface area contributed by atoms with Gasteiger partial charge in [0.2, 0.25) is 5.91 Å². The van der Waals surface area contributed by atoms with Crippen LogP contribution in [0.5, 0.6) is 0 Å². The summed E-state index contributed by atoms with van der Waals surface area (Å²) in [5.41, 5.74) is 2.08. The molecule has 1 saturated heterocycles. The number of anilines is 1. The van der Waals surface area contributed by atoms with Gasteiger partial charge in [0, 0.05) is 46.8 Å². The van der Waals surface area contributed by atoms with Crippen LogP contribution in [0.1, 0.15) is 6.92 Å². The van der Waals surface area contributed by atoms with Gasteiger partial charge in [-0.3, -0.25) is 4.79 Å². The molecule has 1 heterocycles. The molecule has 0 aliphatic carbocycles. The van der Waals surface area contributed by atoms with E-state index in [0.29, 0.717) is 6.54 Å². The van der Waals surface area contributed by atoms with E-state index in [9.17, 15) is 4.79 Å². The first-order valence-electron chi connectivity index (χ1n) is 8.75. The molecule has 27 heavy (non-hydrogen) atoms. The summed E-state index contributed by atoms with van der Waals surface area (Å²) in [6, 6.07) is 7.90. The molecule has 2 rings (SSSR count). The number of halogens is 2. The Bertz CT molecular complexity index is 672. The molecule has 0 bridgehead atoms. The van der Waals surface area contributed by atoms with Crippen molar-refractivity contribution in [2.24, 2.45) is 4.99 Å². The SMILES string of the molecule is C=C(C)CNC(=NCC(=O)N(C)C)N1CCN(c2ccccc2Cl)CC1.I. The van der Waals surface area contributed by atoms with Crippen LogP contribution >= 0.6 is 35.6 Å². The van der Waals surface area contributed by atoms with Crippen molar-refractivity contribution in [2.45, 2.75) is 6.92 Å². The molecule has 1 fully saturated rings. The number of likely N-dealkylation sites (N-methyl/N-ethyl adjacent to an activating group) is 1. The van der Waals surface area contributed by atoms with Crippen LogP contribution in [0, 0.1) is 0 Å². The maximum atomic E-state index is 11.9. The molecule has 0 atom stereocenters. The van der Waals surface area contributed by atoms with Crippen LogP contribution in [0.15, 0.2) is 41.4 Å². The Morgan fingerprint density at radius 3 is 2.44 bits per heavy atom. The predicted octanol–water partition coefficient (Wildman–Crippen LogP) is 2.69. The smallest absolute Gasteiger partial charge is 0.243 e. The first-order chi connectivity index (χ1) is 12.4. The molecular weight excluding hydrogens is 477 g/mol. The number of hydrogen-bond donors (Lipinski definition) is 1. The summed E-state index contributed by atoms with van der Waals surface area (Å²) < 4.78 is 0. The lowest BCUT2D eigenvalue weighted by Crippen LogP contribution is -2.53. The number of amides is 1. The van der Waals surface area contributed by atoms with Gasteiger partial charge in [0.15, 0.2) is 5.96 Å². The molecule has 0 saturated carbocycles. The molecule has 1 amide bonds. The lowest BCUT2D eigenvalue weighted by Gasteiger charge is -2.38. The first kappa shape index (κ1) is 23.6. The van der Waals surface area contributed by atoms with Gasteiger partial charge in [0.25, 0.3) is 0 Å². The van der Waals surface area contributed by atoms with E-state index in [-0.39, 0.29) is 36.4 Å². The van der Waals surface area contributed by atoms with E-state index in [1.165, 1.54) is 0 Å². The van der Waals surface area contributed by atoms with Gasteiger partial charge in [-0.2, -0.15) is 0 Å². The van der Waals surface area contributed by atoms with E-state index in [2.05, 4.69) is 26.7 Å². The minimum Gasteiger partial charge on any atom is -0.367 e. The quantitative estimate of drug-likeness (QED) is 0.289. The van der Waals surface area contributed by atoms with Crippen LogP contribution in [0.2, 0.25) is 5.02 Å². The second-order valence-electron chi connectivity index (χ2n) is 6.66. The average Bonchev–Trinajstić information content (AvgIpc) is 2.62. The van der Waals surface area contributed by atoms with Crippen molar-refractivity contribution in [3.05, 3.63) is 41.4 Å². The maximum absolute atomic E-state index is 11.9. The van der Waals surface area contributed by atoms with E-state index in [1.54, 1.807) is 19.0 Å².